The van der Waals surface area contributed by atoms with Crippen LogP contribution in [0.5, 0.6) is 0 Å². The molecule has 0 aromatic rings. The van der Waals surface area contributed by atoms with Gasteiger partial charge in [0.2, 0.25) is 0 Å². The molecule has 0 saturated carbocycles. The standard InChI is InChI=1S/C23H39F6O3/c1-2-3-4-5-6-7-8-9-10-11-12-13-14-15-16-17-18-19-32-20(30)21(31,22(24,25)26)23(27,28)29/h2-19H2,1H3/q-1. The van der Waals surface area contributed by atoms with Crippen LogP contribution in [0.1, 0.15) is 116 Å². The van der Waals surface area contributed by atoms with Crippen LogP contribution in [0.25, 0.3) is 0 Å². The van der Waals surface area contributed by atoms with Crippen LogP contribution in [0.2, 0.25) is 0 Å². The van der Waals surface area contributed by atoms with Crippen molar-refractivity contribution >= 4 is 5.97 Å². The molecule has 3 nitrogen and oxygen atoms in total. The first-order valence-electron chi connectivity index (χ1n) is 12.0. The lowest BCUT2D eigenvalue weighted by atomic mass is 10.0. The van der Waals surface area contributed by atoms with Gasteiger partial charge in [-0.3, -0.25) is 4.79 Å². The first-order valence-corrected chi connectivity index (χ1v) is 12.0. The highest BCUT2D eigenvalue weighted by molar-refractivity contribution is 5.81. The highest BCUT2D eigenvalue weighted by Crippen LogP contribution is 2.41. The van der Waals surface area contributed by atoms with Gasteiger partial charge >= 0.3 is 18.3 Å². The van der Waals surface area contributed by atoms with Crippen LogP contribution in [0.4, 0.5) is 26.3 Å². The van der Waals surface area contributed by atoms with Gasteiger partial charge in [0.1, 0.15) is 0 Å². The Labute approximate surface area is 188 Å². The lowest BCUT2D eigenvalue weighted by molar-refractivity contribution is -0.574. The van der Waals surface area contributed by atoms with E-state index < -0.39 is 30.5 Å². The smallest absolute Gasteiger partial charge is 0.399 e. The van der Waals surface area contributed by atoms with Gasteiger partial charge in [0.05, 0.1) is 6.61 Å². The zero-order chi connectivity index (χ0) is 24.5. The van der Waals surface area contributed by atoms with Gasteiger partial charge in [-0.15, -0.1) is 0 Å². The van der Waals surface area contributed by atoms with Crippen molar-refractivity contribution in [3.63, 3.8) is 0 Å². The molecule has 0 rings (SSSR count). The summed E-state index contributed by atoms with van der Waals surface area (Å²) in [7, 11) is 0. The van der Waals surface area contributed by atoms with Crippen LogP contribution in [-0.2, 0) is 9.53 Å². The van der Waals surface area contributed by atoms with Crippen molar-refractivity contribution in [2.45, 2.75) is 134 Å². The number of alkyl halides is 6. The third-order valence-corrected chi connectivity index (χ3v) is 5.57. The van der Waals surface area contributed by atoms with E-state index in [0.29, 0.717) is 6.42 Å². The summed E-state index contributed by atoms with van der Waals surface area (Å²) in [6.45, 7) is 1.58. The Bertz CT molecular complexity index is 463. The number of unbranched alkanes of at least 4 members (excludes halogenated alkanes) is 16. The van der Waals surface area contributed by atoms with Gasteiger partial charge in [-0.25, -0.2) is 0 Å². The van der Waals surface area contributed by atoms with E-state index >= 15 is 0 Å². The summed E-state index contributed by atoms with van der Waals surface area (Å²) >= 11 is 0. The molecule has 0 heterocycles. The minimum atomic E-state index is -6.31. The van der Waals surface area contributed by atoms with Gasteiger partial charge in [-0.2, -0.15) is 26.3 Å². The molecule has 0 fully saturated rings. The highest BCUT2D eigenvalue weighted by Gasteiger charge is 2.68. The quantitative estimate of drug-likeness (QED) is 0.111. The first kappa shape index (κ1) is 31.0. The molecule has 0 aliphatic rings. The minimum absolute atomic E-state index is 0.121. The Kier molecular flexibility index (Phi) is 16.1. The van der Waals surface area contributed by atoms with Crippen molar-refractivity contribution in [3.05, 3.63) is 0 Å². The number of esters is 1. The molecule has 32 heavy (non-hydrogen) atoms. The average molecular weight is 478 g/mol. The molecule has 0 aliphatic carbocycles. The predicted molar refractivity (Wildman–Crippen MR) is 110 cm³/mol. The predicted octanol–water partition coefficient (Wildman–Crippen LogP) is 7.40. The largest absolute Gasteiger partial charge is 0.828 e. The van der Waals surface area contributed by atoms with Crippen molar-refractivity contribution < 1.29 is 41.0 Å². The molecule has 0 unspecified atom stereocenters. The van der Waals surface area contributed by atoms with E-state index in [-0.39, 0.29) is 6.42 Å². The number of halogens is 6. The molecule has 0 N–H and O–H groups in total. The second-order valence-electron chi connectivity index (χ2n) is 8.47. The van der Waals surface area contributed by atoms with Crippen LogP contribution in [0, 0.1) is 0 Å². The maximum atomic E-state index is 12.5. The van der Waals surface area contributed by atoms with Crippen LogP contribution in [0.15, 0.2) is 0 Å². The van der Waals surface area contributed by atoms with E-state index in [2.05, 4.69) is 11.7 Å². The van der Waals surface area contributed by atoms with Crippen LogP contribution < -0.4 is 5.11 Å². The van der Waals surface area contributed by atoms with E-state index in [0.717, 1.165) is 32.1 Å². The molecule has 0 aromatic heterocycles. The summed E-state index contributed by atoms with van der Waals surface area (Å²) < 4.78 is 78.7. The fourth-order valence-electron chi connectivity index (χ4n) is 3.49. The minimum Gasteiger partial charge on any atom is -0.828 e. The summed E-state index contributed by atoms with van der Waals surface area (Å²) in [4.78, 5) is 11.2. The molecule has 0 spiro atoms. The Morgan fingerprint density at radius 3 is 1.16 bits per heavy atom. The van der Waals surface area contributed by atoms with Crippen molar-refractivity contribution in [2.24, 2.45) is 0 Å². The molecule has 0 amide bonds. The molecular formula is C23H39F6O3-. The molecular weight excluding hydrogens is 438 g/mol. The molecule has 0 bridgehead atoms. The van der Waals surface area contributed by atoms with Crippen molar-refractivity contribution in [2.75, 3.05) is 6.61 Å². The summed E-state index contributed by atoms with van der Waals surface area (Å²) in [6, 6.07) is 0. The monoisotopic (exact) mass is 477 g/mol. The molecule has 0 aliphatic heterocycles. The van der Waals surface area contributed by atoms with Crippen molar-refractivity contribution in [1.82, 2.24) is 0 Å². The average Bonchev–Trinajstić information content (AvgIpc) is 2.70. The number of ether oxygens (including phenoxy) is 1. The van der Waals surface area contributed by atoms with E-state index in [4.69, 9.17) is 0 Å². The molecule has 0 radical (unpaired) electrons. The topological polar surface area (TPSA) is 49.4 Å². The second kappa shape index (κ2) is 16.6. The number of carbonyl (C=O) groups excluding carboxylic acids is 1. The molecule has 9 heteroatoms. The van der Waals surface area contributed by atoms with Crippen LogP contribution in [-0.4, -0.2) is 30.5 Å². The van der Waals surface area contributed by atoms with Gasteiger partial charge in [0.15, 0.2) is 5.60 Å². The van der Waals surface area contributed by atoms with Gasteiger partial charge < -0.3 is 9.84 Å². The maximum Gasteiger partial charge on any atom is 0.399 e. The lowest BCUT2D eigenvalue weighted by Gasteiger charge is -2.40. The fraction of sp³-hybridized carbons (Fsp3) is 0.957. The Morgan fingerprint density at radius 1 is 0.594 bits per heavy atom. The van der Waals surface area contributed by atoms with Gasteiger partial charge in [-0.1, -0.05) is 110 Å². The van der Waals surface area contributed by atoms with E-state index in [1.165, 1.54) is 64.2 Å². The summed E-state index contributed by atoms with van der Waals surface area (Å²) in [6.07, 6.45) is 5.93. The van der Waals surface area contributed by atoms with E-state index in [1.807, 2.05) is 0 Å². The van der Waals surface area contributed by atoms with Crippen molar-refractivity contribution in [3.8, 4) is 0 Å². The van der Waals surface area contributed by atoms with Gasteiger partial charge in [0.25, 0.3) is 0 Å². The number of carbonyl (C=O) groups is 1. The Balaban J connectivity index is 3.61. The lowest BCUT2D eigenvalue weighted by Crippen LogP contribution is -2.71. The Hall–Kier alpha value is -0.990. The summed E-state index contributed by atoms with van der Waals surface area (Å²) in [5.41, 5.74) is -5.74. The SMILES string of the molecule is CCCCCCCCCCCCCCCCCCCOC(=O)C([O-])(C(F)(F)F)C(F)(F)F. The van der Waals surface area contributed by atoms with Crippen LogP contribution in [0.3, 0.4) is 0 Å². The number of rotatable bonds is 19. The Morgan fingerprint density at radius 2 is 0.875 bits per heavy atom. The number of hydrogen-bond acceptors (Lipinski definition) is 3. The fourth-order valence-corrected chi connectivity index (χ4v) is 3.49. The highest BCUT2D eigenvalue weighted by atomic mass is 19.4. The summed E-state index contributed by atoms with van der Waals surface area (Å²) in [5.74, 6) is -2.84. The molecule has 192 valence electrons. The van der Waals surface area contributed by atoms with E-state index in [1.54, 1.807) is 0 Å². The third kappa shape index (κ3) is 12.3. The first-order chi connectivity index (χ1) is 15.0. The molecule has 0 atom stereocenters. The third-order valence-electron chi connectivity index (χ3n) is 5.57. The van der Waals surface area contributed by atoms with Crippen LogP contribution >= 0.6 is 0 Å². The molecule has 0 aromatic carbocycles. The van der Waals surface area contributed by atoms with Gasteiger partial charge in [-0.05, 0) is 6.42 Å². The maximum absolute atomic E-state index is 12.5. The molecule has 0 saturated heterocycles. The van der Waals surface area contributed by atoms with Crippen molar-refractivity contribution in [1.29, 1.82) is 0 Å². The summed E-state index contributed by atoms with van der Waals surface area (Å²) in [5, 5.41) is 11.1. The normalized spacial score (nSPS) is 12.9. The van der Waals surface area contributed by atoms with E-state index in [9.17, 15) is 36.2 Å². The second-order valence-corrected chi connectivity index (χ2v) is 8.47. The number of hydrogen-bond donors (Lipinski definition) is 0. The zero-order valence-electron chi connectivity index (χ0n) is 19.2. The zero-order valence-corrected chi connectivity index (χ0v) is 19.2. The van der Waals surface area contributed by atoms with Gasteiger partial charge in [0, 0.05) is 0 Å².